The van der Waals surface area contributed by atoms with Gasteiger partial charge in [0.15, 0.2) is 0 Å². The lowest BCUT2D eigenvalue weighted by atomic mass is 9.92. The lowest BCUT2D eigenvalue weighted by Gasteiger charge is -2.32. The number of amides is 4. The first-order valence-electron chi connectivity index (χ1n) is 21.0. The molecule has 316 valence electrons. The van der Waals surface area contributed by atoms with Gasteiger partial charge in [-0.15, -0.1) is 0 Å². The summed E-state index contributed by atoms with van der Waals surface area (Å²) in [6.07, 6.45) is 4.46. The summed E-state index contributed by atoms with van der Waals surface area (Å²) in [7, 11) is 2.59. The summed E-state index contributed by atoms with van der Waals surface area (Å²) in [6, 6.07) is 12.7. The van der Waals surface area contributed by atoms with Gasteiger partial charge in [-0.3, -0.25) is 9.59 Å². The number of hydrogen-bond acceptors (Lipinski definition) is 9. The lowest BCUT2D eigenvalue weighted by Crippen LogP contribution is -2.52. The topological polar surface area (TPSA) is 184 Å². The van der Waals surface area contributed by atoms with Crippen molar-refractivity contribution in [3.8, 4) is 28.1 Å². The van der Waals surface area contributed by atoms with Crippen molar-refractivity contribution in [1.82, 2.24) is 40.4 Å². The summed E-state index contributed by atoms with van der Waals surface area (Å²) in [4.78, 5) is 72.6. The van der Waals surface area contributed by atoms with E-state index in [-0.39, 0.29) is 41.8 Å². The largest absolute Gasteiger partial charge is 0.488 e. The van der Waals surface area contributed by atoms with Gasteiger partial charge >= 0.3 is 12.2 Å². The van der Waals surface area contributed by atoms with Crippen molar-refractivity contribution in [2.75, 3.05) is 20.8 Å². The van der Waals surface area contributed by atoms with E-state index < -0.39 is 24.3 Å². The minimum atomic E-state index is -0.725. The van der Waals surface area contributed by atoms with Crippen LogP contribution in [-0.4, -0.2) is 92.6 Å². The Labute approximate surface area is 348 Å². The van der Waals surface area contributed by atoms with Gasteiger partial charge in [0.1, 0.15) is 36.1 Å². The van der Waals surface area contributed by atoms with Crippen LogP contribution in [0, 0.1) is 11.8 Å². The molecule has 8 rings (SSSR count). The molecule has 2 saturated heterocycles. The minimum absolute atomic E-state index is 0.0246. The number of imidazole rings is 2. The van der Waals surface area contributed by atoms with Crippen molar-refractivity contribution in [2.45, 2.75) is 104 Å². The van der Waals surface area contributed by atoms with Gasteiger partial charge in [0.05, 0.1) is 49.2 Å². The number of hydrogen-bond donors (Lipinski definition) is 4. The standard InChI is InChI=1S/C45H54N8O7/c1-8-24(4)38(51-45(57)59-7)42(54)52-17-9-10-34(52)40-46-21-33(48-40)27-12-14-29-28(18-27)22-60-36-20-30-26(19-31(29)36)13-15-32-39(30)49-41(47-32)35-16-11-25(5)53(35)43(55)37(23(2)3)50-44(56)58-6/h12-15,18-21,23-25,34-35,37-38H,8-11,16-17,22H2,1-7H3,(H,46,48)(H,47,49)(H,50,56)(H,51,57)/t24-,25-,34-,35-,37-,38-/m0/s1. The summed E-state index contributed by atoms with van der Waals surface area (Å²) in [6.45, 7) is 10.8. The quantitative estimate of drug-likeness (QED) is 0.111. The number of alkyl carbamates (subject to hydrolysis) is 2. The molecule has 0 aliphatic carbocycles. The van der Waals surface area contributed by atoms with Crippen LogP contribution in [0.1, 0.15) is 96.0 Å². The zero-order valence-corrected chi connectivity index (χ0v) is 35.3. The van der Waals surface area contributed by atoms with Gasteiger partial charge in [-0.1, -0.05) is 52.3 Å². The van der Waals surface area contributed by atoms with Crippen LogP contribution in [0.5, 0.6) is 5.75 Å². The van der Waals surface area contributed by atoms with E-state index >= 15 is 0 Å². The molecule has 5 aromatic rings. The fraction of sp³-hybridized carbons (Fsp3) is 0.467. The summed E-state index contributed by atoms with van der Waals surface area (Å²) in [5, 5.41) is 7.49. The first-order chi connectivity index (χ1) is 28.9. The molecule has 0 unspecified atom stereocenters. The number of nitrogens with zero attached hydrogens (tertiary/aromatic N) is 4. The van der Waals surface area contributed by atoms with Crippen LogP contribution in [0.3, 0.4) is 0 Å². The third kappa shape index (κ3) is 7.38. The van der Waals surface area contributed by atoms with Crippen molar-refractivity contribution in [3.05, 3.63) is 65.9 Å². The van der Waals surface area contributed by atoms with E-state index in [2.05, 4.69) is 57.0 Å². The number of nitrogens with one attached hydrogen (secondary N) is 4. The van der Waals surface area contributed by atoms with E-state index in [9.17, 15) is 19.2 Å². The highest BCUT2D eigenvalue weighted by Crippen LogP contribution is 2.44. The highest BCUT2D eigenvalue weighted by Gasteiger charge is 2.42. The summed E-state index contributed by atoms with van der Waals surface area (Å²) in [5.41, 5.74) is 6.61. The molecule has 5 heterocycles. The highest BCUT2D eigenvalue weighted by molar-refractivity contribution is 6.07. The molecule has 3 aliphatic heterocycles. The monoisotopic (exact) mass is 818 g/mol. The SMILES string of the molecule is CC[C@H](C)[C@H](NC(=O)OC)C(=O)N1CCC[C@H]1c1ncc(-c2ccc3c(c2)COc2cc4c(ccc5nc([C@@H]6CC[C@H](C)N6C(=O)[C@@H](NC(=O)OC)C(C)C)[nH]c54)cc2-3)[nH]1. The van der Waals surface area contributed by atoms with E-state index in [4.69, 9.17) is 24.2 Å². The molecule has 3 aromatic carbocycles. The number of carbonyl (C=O) groups is 4. The van der Waals surface area contributed by atoms with E-state index in [0.29, 0.717) is 24.8 Å². The predicted octanol–water partition coefficient (Wildman–Crippen LogP) is 7.53. The number of aromatic nitrogens is 4. The second kappa shape index (κ2) is 16.5. The Morgan fingerprint density at radius 3 is 2.38 bits per heavy atom. The van der Waals surface area contributed by atoms with E-state index in [1.54, 1.807) is 0 Å². The fourth-order valence-electron chi connectivity index (χ4n) is 9.14. The van der Waals surface area contributed by atoms with Gasteiger partial charge in [0.2, 0.25) is 11.8 Å². The molecular formula is C45H54N8O7. The van der Waals surface area contributed by atoms with Crippen LogP contribution in [0.25, 0.3) is 44.2 Å². The molecule has 2 fully saturated rings. The van der Waals surface area contributed by atoms with Crippen LogP contribution < -0.4 is 15.4 Å². The average Bonchev–Trinajstić information content (AvgIpc) is 4.09. The zero-order chi connectivity index (χ0) is 42.4. The first kappa shape index (κ1) is 40.7. The average molecular weight is 819 g/mol. The number of H-pyrrole nitrogens is 2. The number of methoxy groups -OCH3 is 2. The Bertz CT molecular complexity index is 2460. The Balaban J connectivity index is 1.04. The van der Waals surface area contributed by atoms with Crippen molar-refractivity contribution >= 4 is 45.8 Å². The summed E-state index contributed by atoms with van der Waals surface area (Å²) in [5.74, 6) is 1.73. The molecule has 2 aromatic heterocycles. The van der Waals surface area contributed by atoms with Crippen molar-refractivity contribution < 1.29 is 33.4 Å². The van der Waals surface area contributed by atoms with Crippen molar-refractivity contribution in [1.29, 1.82) is 0 Å². The maximum Gasteiger partial charge on any atom is 0.407 e. The molecule has 4 amide bonds. The van der Waals surface area contributed by atoms with Crippen LogP contribution >= 0.6 is 0 Å². The van der Waals surface area contributed by atoms with Crippen LogP contribution in [0.2, 0.25) is 0 Å². The molecule has 15 heteroatoms. The number of likely N-dealkylation sites (tertiary alicyclic amines) is 2. The number of ether oxygens (including phenoxy) is 3. The van der Waals surface area contributed by atoms with E-state index in [0.717, 1.165) is 87.6 Å². The number of benzene rings is 3. The molecule has 3 aliphatic rings. The van der Waals surface area contributed by atoms with Gasteiger partial charge in [0.25, 0.3) is 0 Å². The van der Waals surface area contributed by atoms with Gasteiger partial charge in [-0.05, 0) is 90.8 Å². The third-order valence-electron chi connectivity index (χ3n) is 12.7. The number of aromatic amines is 2. The second-order valence-electron chi connectivity index (χ2n) is 16.7. The smallest absolute Gasteiger partial charge is 0.407 e. The van der Waals surface area contributed by atoms with E-state index in [1.807, 2.05) is 56.7 Å². The molecule has 0 radical (unpaired) electrons. The maximum atomic E-state index is 14.0. The second-order valence-corrected chi connectivity index (χ2v) is 16.7. The number of rotatable bonds is 10. The van der Waals surface area contributed by atoms with Gasteiger partial charge in [0, 0.05) is 23.5 Å². The molecule has 6 atom stereocenters. The number of fused-ring (bicyclic) bond motifs is 6. The Morgan fingerprint density at radius 1 is 0.883 bits per heavy atom. The zero-order valence-electron chi connectivity index (χ0n) is 35.3. The van der Waals surface area contributed by atoms with Gasteiger partial charge in [-0.2, -0.15) is 0 Å². The van der Waals surface area contributed by atoms with Crippen LogP contribution in [0.4, 0.5) is 9.59 Å². The molecule has 15 nitrogen and oxygen atoms in total. The normalized spacial score (nSPS) is 20.0. The molecule has 4 N–H and O–H groups in total. The van der Waals surface area contributed by atoms with Crippen LogP contribution in [-0.2, 0) is 25.7 Å². The third-order valence-corrected chi connectivity index (χ3v) is 12.7. The molecule has 0 bridgehead atoms. The fourth-order valence-corrected chi connectivity index (χ4v) is 9.14. The van der Waals surface area contributed by atoms with Crippen molar-refractivity contribution in [3.63, 3.8) is 0 Å². The van der Waals surface area contributed by atoms with Gasteiger partial charge < -0.3 is 44.6 Å². The first-order valence-corrected chi connectivity index (χ1v) is 21.0. The highest BCUT2D eigenvalue weighted by atomic mass is 16.5. The summed E-state index contributed by atoms with van der Waals surface area (Å²) < 4.78 is 16.1. The molecule has 0 saturated carbocycles. The molecule has 0 spiro atoms. The van der Waals surface area contributed by atoms with Crippen molar-refractivity contribution in [2.24, 2.45) is 11.8 Å². The van der Waals surface area contributed by atoms with E-state index in [1.165, 1.54) is 14.2 Å². The van der Waals surface area contributed by atoms with Crippen LogP contribution in [0.15, 0.2) is 48.7 Å². The molecule has 60 heavy (non-hydrogen) atoms. The predicted molar refractivity (Wildman–Crippen MR) is 226 cm³/mol. The Kier molecular flexibility index (Phi) is 11.2. The minimum Gasteiger partial charge on any atom is -0.488 e. The maximum absolute atomic E-state index is 14.0. The molecular weight excluding hydrogens is 765 g/mol. The number of carbonyl (C=O) groups excluding carboxylic acids is 4. The van der Waals surface area contributed by atoms with Gasteiger partial charge in [-0.25, -0.2) is 19.6 Å². The Hall–Kier alpha value is -6.12. The Morgan fingerprint density at radius 2 is 1.65 bits per heavy atom. The summed E-state index contributed by atoms with van der Waals surface area (Å²) >= 11 is 0. The lowest BCUT2D eigenvalue weighted by molar-refractivity contribution is -0.137.